The third-order valence-corrected chi connectivity index (χ3v) is 10.6. The fourth-order valence-electron chi connectivity index (χ4n) is 8.35. The Kier molecular flexibility index (Phi) is 7.62. The van der Waals surface area contributed by atoms with Crippen molar-refractivity contribution in [3.8, 4) is 33.4 Å². The Hall–Kier alpha value is -6.84. The van der Waals surface area contributed by atoms with Crippen molar-refractivity contribution in [1.82, 2.24) is 9.97 Å². The molecule has 10 rings (SSSR count). The van der Waals surface area contributed by atoms with Crippen molar-refractivity contribution < 1.29 is 0 Å². The molecule has 0 bridgehead atoms. The number of hydrogen-bond acceptors (Lipinski definition) is 3. The smallest absolute Gasteiger partial charge is 0.156 e. The van der Waals surface area contributed by atoms with Crippen LogP contribution in [0.4, 0.5) is 17.2 Å². The summed E-state index contributed by atoms with van der Waals surface area (Å²) >= 11 is 0. The van der Waals surface area contributed by atoms with Crippen LogP contribution < -0.4 is 4.90 Å². The molecule has 0 saturated heterocycles. The molecule has 3 nitrogen and oxygen atoms in total. The first-order chi connectivity index (χ1) is 26.3. The van der Waals surface area contributed by atoms with E-state index in [2.05, 4.69) is 180 Å². The Morgan fingerprint density at radius 3 is 1.98 bits per heavy atom. The van der Waals surface area contributed by atoms with Crippen molar-refractivity contribution in [1.29, 1.82) is 0 Å². The lowest BCUT2D eigenvalue weighted by molar-refractivity contribution is 1.00. The van der Waals surface area contributed by atoms with E-state index in [9.17, 15) is 0 Å². The Morgan fingerprint density at radius 2 is 1.23 bits per heavy atom. The molecule has 0 amide bonds. The van der Waals surface area contributed by atoms with E-state index in [1.54, 1.807) is 12.4 Å². The highest BCUT2D eigenvalue weighted by atomic mass is 15.2. The maximum Gasteiger partial charge on any atom is 0.156 e. The lowest BCUT2D eigenvalue weighted by Gasteiger charge is -2.28. The topological polar surface area (TPSA) is 29.0 Å². The van der Waals surface area contributed by atoms with Crippen LogP contribution in [0, 0.1) is 0 Å². The van der Waals surface area contributed by atoms with Gasteiger partial charge in [-0.25, -0.2) is 4.98 Å². The van der Waals surface area contributed by atoms with Crippen LogP contribution in [0.3, 0.4) is 0 Å². The number of aromatic nitrogens is 2. The zero-order valence-corrected chi connectivity index (χ0v) is 29.2. The molecule has 250 valence electrons. The Morgan fingerprint density at radius 1 is 0.528 bits per heavy atom. The third-order valence-electron chi connectivity index (χ3n) is 10.6. The molecule has 8 aromatic carbocycles. The molecule has 53 heavy (non-hydrogen) atoms. The highest BCUT2D eigenvalue weighted by Gasteiger charge is 2.25. The molecule has 1 heterocycles. The van der Waals surface area contributed by atoms with Gasteiger partial charge in [0.15, 0.2) is 5.82 Å². The molecule has 0 unspecified atom stereocenters. The monoisotopic (exact) mass is 677 g/mol. The van der Waals surface area contributed by atoms with Gasteiger partial charge in [-0.2, -0.15) is 0 Å². The molecule has 1 aromatic heterocycles. The molecule has 1 aliphatic rings. The minimum Gasteiger partial charge on any atom is -0.293 e. The van der Waals surface area contributed by atoms with Crippen LogP contribution in [-0.2, 0) is 6.42 Å². The van der Waals surface area contributed by atoms with Gasteiger partial charge in [0.05, 0.1) is 11.9 Å². The van der Waals surface area contributed by atoms with Gasteiger partial charge in [0.1, 0.15) is 0 Å². The van der Waals surface area contributed by atoms with Crippen LogP contribution in [-0.4, -0.2) is 9.97 Å². The largest absolute Gasteiger partial charge is 0.293 e. The number of nitrogens with zero attached hydrogens (tertiary/aromatic N) is 3. The predicted molar refractivity (Wildman–Crippen MR) is 223 cm³/mol. The summed E-state index contributed by atoms with van der Waals surface area (Å²) < 4.78 is 0. The Labute approximate surface area is 309 Å². The molecule has 0 spiro atoms. The van der Waals surface area contributed by atoms with E-state index in [0.29, 0.717) is 0 Å². The van der Waals surface area contributed by atoms with E-state index in [1.165, 1.54) is 71.4 Å². The first-order valence-corrected chi connectivity index (χ1v) is 18.3. The molecular weight excluding hydrogens is 643 g/mol. The fourth-order valence-corrected chi connectivity index (χ4v) is 8.35. The summed E-state index contributed by atoms with van der Waals surface area (Å²) in [5.74, 6) is 0.778. The van der Waals surface area contributed by atoms with Crippen molar-refractivity contribution in [3.05, 3.63) is 194 Å². The molecule has 9 aromatic rings. The summed E-state index contributed by atoms with van der Waals surface area (Å²) in [6, 6.07) is 57.2. The van der Waals surface area contributed by atoms with Crippen molar-refractivity contribution >= 4 is 55.6 Å². The summed E-state index contributed by atoms with van der Waals surface area (Å²) in [5.41, 5.74) is 12.2. The molecule has 3 heteroatoms. The number of allylic oxidation sites excluding steroid dienone is 1. The predicted octanol–water partition coefficient (Wildman–Crippen LogP) is 13.4. The molecule has 0 aliphatic heterocycles. The molecular formula is C50H35N3. The van der Waals surface area contributed by atoms with E-state index in [0.717, 1.165) is 35.4 Å². The second-order valence-corrected chi connectivity index (χ2v) is 13.7. The number of rotatable bonds is 6. The maximum absolute atomic E-state index is 4.85. The van der Waals surface area contributed by atoms with E-state index in [1.807, 2.05) is 6.20 Å². The number of hydrogen-bond donors (Lipinski definition) is 0. The van der Waals surface area contributed by atoms with Gasteiger partial charge in [0, 0.05) is 23.5 Å². The zero-order chi connectivity index (χ0) is 35.1. The van der Waals surface area contributed by atoms with Crippen molar-refractivity contribution in [3.63, 3.8) is 0 Å². The van der Waals surface area contributed by atoms with Crippen LogP contribution in [0.2, 0.25) is 0 Å². The lowest BCUT2D eigenvalue weighted by atomic mass is 9.78. The standard InChI is InChI=1S/C50H35N3/c1-4-15-35(16-5-1)43-32-44(36-17-6-2-7-18-36)49-41-25-13-12-24-40(41)45-31-38(27-28-42(45)50(49)48(43)37-20-8-3-9-21-37)53(47-33-51-29-30-52-47)46-26-14-22-34-19-10-11-23-39(34)46/h1-11,13-23,25-33H,12,24H2. The van der Waals surface area contributed by atoms with Gasteiger partial charge in [-0.3, -0.25) is 9.88 Å². The van der Waals surface area contributed by atoms with Crippen LogP contribution in [0.25, 0.3) is 71.8 Å². The highest BCUT2D eigenvalue weighted by Crippen LogP contribution is 2.50. The van der Waals surface area contributed by atoms with Crippen LogP contribution in [0.1, 0.15) is 17.5 Å². The molecule has 0 saturated carbocycles. The maximum atomic E-state index is 4.85. The van der Waals surface area contributed by atoms with E-state index in [4.69, 9.17) is 4.98 Å². The average molecular weight is 678 g/mol. The second kappa shape index (κ2) is 13.0. The fraction of sp³-hybridized carbons (Fsp3) is 0.0400. The SMILES string of the molecule is C1=Cc2c(c3cc(N(c4cnccn4)c4cccc5ccccc45)ccc3c3c(-c4ccccc4)c(-c4ccccc4)cc(-c4ccccc4)c23)CC1. The molecule has 0 fully saturated rings. The Balaban J connectivity index is 1.36. The van der Waals surface area contributed by atoms with Gasteiger partial charge in [-0.15, -0.1) is 0 Å². The summed E-state index contributed by atoms with van der Waals surface area (Å²) in [5, 5.41) is 7.45. The first kappa shape index (κ1) is 30.9. The lowest BCUT2D eigenvalue weighted by Crippen LogP contribution is -2.12. The second-order valence-electron chi connectivity index (χ2n) is 13.7. The minimum atomic E-state index is 0.778. The summed E-state index contributed by atoms with van der Waals surface area (Å²) in [7, 11) is 0. The third kappa shape index (κ3) is 5.29. The summed E-state index contributed by atoms with van der Waals surface area (Å²) in [6.45, 7) is 0. The molecule has 0 radical (unpaired) electrons. The van der Waals surface area contributed by atoms with E-state index >= 15 is 0 Å². The number of benzene rings is 8. The number of aryl methyl sites for hydroxylation is 1. The summed E-state index contributed by atoms with van der Waals surface area (Å²) in [6.07, 6.45) is 12.1. The van der Waals surface area contributed by atoms with Gasteiger partial charge in [-0.1, -0.05) is 146 Å². The van der Waals surface area contributed by atoms with Gasteiger partial charge in [-0.05, 0) is 109 Å². The average Bonchev–Trinajstić information content (AvgIpc) is 3.24. The molecule has 1 aliphatic carbocycles. The van der Waals surface area contributed by atoms with E-state index in [-0.39, 0.29) is 0 Å². The van der Waals surface area contributed by atoms with Crippen LogP contribution in [0.5, 0.6) is 0 Å². The highest BCUT2D eigenvalue weighted by molar-refractivity contribution is 6.25. The van der Waals surface area contributed by atoms with Crippen molar-refractivity contribution in [2.75, 3.05) is 4.90 Å². The normalized spacial score (nSPS) is 12.3. The quantitative estimate of drug-likeness (QED) is 0.164. The first-order valence-electron chi connectivity index (χ1n) is 18.3. The summed E-state index contributed by atoms with van der Waals surface area (Å²) in [4.78, 5) is 11.6. The van der Waals surface area contributed by atoms with Gasteiger partial charge in [0.25, 0.3) is 0 Å². The van der Waals surface area contributed by atoms with Crippen molar-refractivity contribution in [2.24, 2.45) is 0 Å². The molecule has 0 atom stereocenters. The molecule has 0 N–H and O–H groups in total. The minimum absolute atomic E-state index is 0.778. The van der Waals surface area contributed by atoms with E-state index < -0.39 is 0 Å². The van der Waals surface area contributed by atoms with Crippen LogP contribution >= 0.6 is 0 Å². The number of fused-ring (bicyclic) bond motifs is 7. The van der Waals surface area contributed by atoms with Gasteiger partial charge < -0.3 is 0 Å². The zero-order valence-electron chi connectivity index (χ0n) is 29.2. The Bertz CT molecular complexity index is 2810. The van der Waals surface area contributed by atoms with Gasteiger partial charge >= 0.3 is 0 Å². The number of anilines is 3. The van der Waals surface area contributed by atoms with Crippen LogP contribution in [0.15, 0.2) is 182 Å². The van der Waals surface area contributed by atoms with Crippen molar-refractivity contribution in [2.45, 2.75) is 12.8 Å². The van der Waals surface area contributed by atoms with Gasteiger partial charge in [0.2, 0.25) is 0 Å².